The van der Waals surface area contributed by atoms with Crippen molar-refractivity contribution in [1.29, 1.82) is 0 Å². The lowest BCUT2D eigenvalue weighted by Gasteiger charge is -2.16. The Morgan fingerprint density at radius 3 is 2.71 bits per heavy atom. The molecule has 0 bridgehead atoms. The van der Waals surface area contributed by atoms with Crippen molar-refractivity contribution in [2.45, 2.75) is 25.1 Å². The van der Waals surface area contributed by atoms with E-state index in [1.54, 1.807) is 11.3 Å². The van der Waals surface area contributed by atoms with Crippen molar-refractivity contribution >= 4 is 38.1 Å². The summed E-state index contributed by atoms with van der Waals surface area (Å²) in [5.41, 5.74) is 5.45. The maximum Gasteiger partial charge on any atom is 0.0580 e. The third-order valence-corrected chi connectivity index (χ3v) is 5.04. The van der Waals surface area contributed by atoms with Gasteiger partial charge in [0, 0.05) is 36.8 Å². The zero-order chi connectivity index (χ0) is 10.8. The van der Waals surface area contributed by atoms with Gasteiger partial charge >= 0.3 is 0 Å². The quantitative estimate of drug-likeness (QED) is 0.927. The average molecular weight is 296 g/mol. The maximum atomic E-state index is 11.7. The molecule has 0 amide bonds. The van der Waals surface area contributed by atoms with Gasteiger partial charge in [0.15, 0.2) is 0 Å². The van der Waals surface area contributed by atoms with Gasteiger partial charge in [-0.1, -0.05) is 0 Å². The van der Waals surface area contributed by atoms with Crippen LogP contribution in [0.25, 0.3) is 0 Å². The number of thiophene rings is 1. The third kappa shape index (κ3) is 4.68. The first-order valence-corrected chi connectivity index (χ1v) is 7.40. The van der Waals surface area contributed by atoms with Gasteiger partial charge in [-0.2, -0.15) is 0 Å². The number of nitrogens with two attached hydrogens (primary N) is 1. The molecule has 0 saturated heterocycles. The van der Waals surface area contributed by atoms with Crippen LogP contribution in [0.2, 0.25) is 0 Å². The Kier molecular flexibility index (Phi) is 4.30. The molecule has 0 aliphatic heterocycles. The Balaban J connectivity index is 2.50. The average Bonchev–Trinajstić information content (AvgIpc) is 2.30. The highest BCUT2D eigenvalue weighted by Gasteiger charge is 2.15. The molecule has 2 N–H and O–H groups in total. The van der Waals surface area contributed by atoms with Crippen molar-refractivity contribution in [1.82, 2.24) is 0 Å². The normalized spacial score (nSPS) is 14.3. The lowest BCUT2D eigenvalue weighted by molar-refractivity contribution is 0.577. The van der Waals surface area contributed by atoms with Crippen molar-refractivity contribution < 1.29 is 4.21 Å². The van der Waals surface area contributed by atoms with E-state index in [2.05, 4.69) is 15.9 Å². The highest BCUT2D eigenvalue weighted by molar-refractivity contribution is 9.10. The van der Waals surface area contributed by atoms with Crippen LogP contribution in [-0.2, 0) is 16.6 Å². The minimum Gasteiger partial charge on any atom is -0.325 e. The van der Waals surface area contributed by atoms with Crippen LogP contribution >= 0.6 is 27.3 Å². The summed E-state index contributed by atoms with van der Waals surface area (Å²) in [4.78, 5) is 1.14. The molecule has 0 aliphatic rings. The highest BCUT2D eigenvalue weighted by atomic mass is 79.9. The van der Waals surface area contributed by atoms with Crippen molar-refractivity contribution in [2.75, 3.05) is 5.75 Å². The van der Waals surface area contributed by atoms with Gasteiger partial charge in [-0.05, 0) is 35.8 Å². The van der Waals surface area contributed by atoms with E-state index in [1.165, 1.54) is 0 Å². The highest BCUT2D eigenvalue weighted by Crippen LogP contribution is 2.21. The zero-order valence-electron chi connectivity index (χ0n) is 8.25. The Bertz CT molecular complexity index is 330. The molecule has 0 aromatic carbocycles. The summed E-state index contributed by atoms with van der Waals surface area (Å²) >= 11 is 4.99. The van der Waals surface area contributed by atoms with Gasteiger partial charge in [0.25, 0.3) is 0 Å². The maximum absolute atomic E-state index is 11.7. The number of hydrogen-bond donors (Lipinski definition) is 1. The van der Waals surface area contributed by atoms with E-state index in [4.69, 9.17) is 5.73 Å². The largest absolute Gasteiger partial charge is 0.325 e. The predicted octanol–water partition coefficient (Wildman–Crippen LogP) is 2.50. The Morgan fingerprint density at radius 2 is 2.29 bits per heavy atom. The van der Waals surface area contributed by atoms with Crippen LogP contribution in [0.5, 0.6) is 0 Å². The van der Waals surface area contributed by atoms with Crippen LogP contribution in [0, 0.1) is 0 Å². The van der Waals surface area contributed by atoms with E-state index in [-0.39, 0.29) is 5.54 Å². The second kappa shape index (κ2) is 4.88. The molecule has 1 aromatic rings. The molecule has 1 unspecified atom stereocenters. The third-order valence-electron chi connectivity index (χ3n) is 1.46. The first-order chi connectivity index (χ1) is 6.37. The minimum atomic E-state index is -0.863. The Labute approximate surface area is 99.5 Å². The number of halogens is 1. The second-order valence-electron chi connectivity index (χ2n) is 3.95. The summed E-state index contributed by atoms with van der Waals surface area (Å²) < 4.78 is 12.7. The topological polar surface area (TPSA) is 43.1 Å². The summed E-state index contributed by atoms with van der Waals surface area (Å²) in [6, 6.07) is 2.01. The number of rotatable bonds is 4. The van der Waals surface area contributed by atoms with Crippen molar-refractivity contribution in [2.24, 2.45) is 5.73 Å². The van der Waals surface area contributed by atoms with Gasteiger partial charge in [0.2, 0.25) is 0 Å². The monoisotopic (exact) mass is 295 g/mol. The molecule has 0 spiro atoms. The van der Waals surface area contributed by atoms with Gasteiger partial charge in [-0.15, -0.1) is 11.3 Å². The molecule has 80 valence electrons. The van der Waals surface area contributed by atoms with Gasteiger partial charge in [0.1, 0.15) is 0 Å². The summed E-state index contributed by atoms with van der Waals surface area (Å²) in [7, 11) is -0.863. The predicted molar refractivity (Wildman–Crippen MR) is 67.0 cm³/mol. The molecule has 0 fully saturated rings. The smallest absolute Gasteiger partial charge is 0.0580 e. The molecule has 1 aromatic heterocycles. The van der Waals surface area contributed by atoms with Crippen molar-refractivity contribution in [3.8, 4) is 0 Å². The Hall–Kier alpha value is 0.290. The molecule has 0 radical (unpaired) electrons. The van der Waals surface area contributed by atoms with E-state index in [9.17, 15) is 4.21 Å². The van der Waals surface area contributed by atoms with E-state index >= 15 is 0 Å². The Morgan fingerprint density at radius 1 is 1.64 bits per heavy atom. The minimum absolute atomic E-state index is 0.348. The molecule has 0 aliphatic carbocycles. The molecule has 1 atom stereocenters. The van der Waals surface area contributed by atoms with E-state index in [0.29, 0.717) is 11.5 Å². The fraction of sp³-hybridized carbons (Fsp3) is 0.556. The molecule has 0 saturated carbocycles. The van der Waals surface area contributed by atoms with E-state index in [0.717, 1.165) is 9.35 Å². The van der Waals surface area contributed by atoms with Gasteiger partial charge in [-0.25, -0.2) is 0 Å². The van der Waals surface area contributed by atoms with Crippen molar-refractivity contribution in [3.05, 3.63) is 20.8 Å². The zero-order valence-corrected chi connectivity index (χ0v) is 11.5. The van der Waals surface area contributed by atoms with Crippen molar-refractivity contribution in [3.63, 3.8) is 0 Å². The first-order valence-electron chi connectivity index (χ1n) is 4.23. The van der Waals surface area contributed by atoms with Gasteiger partial charge in [0.05, 0.1) is 5.75 Å². The summed E-state index contributed by atoms with van der Waals surface area (Å²) in [6.45, 7) is 3.80. The molecule has 1 rings (SSSR count). The van der Waals surface area contributed by atoms with E-state index < -0.39 is 10.8 Å². The van der Waals surface area contributed by atoms with Crippen LogP contribution in [0.4, 0.5) is 0 Å². The molecule has 5 heteroatoms. The molecule has 1 heterocycles. The SMILES string of the molecule is CC(C)(N)CS(=O)Cc1cc(Br)cs1. The second-order valence-corrected chi connectivity index (χ2v) is 7.32. The molecule has 2 nitrogen and oxygen atoms in total. The first kappa shape index (κ1) is 12.4. The van der Waals surface area contributed by atoms with Crippen LogP contribution in [0.1, 0.15) is 18.7 Å². The summed E-state index contributed by atoms with van der Waals surface area (Å²) in [6.07, 6.45) is 0. The fourth-order valence-electron chi connectivity index (χ4n) is 1.05. The fourth-order valence-corrected chi connectivity index (χ4v) is 4.29. The molecular formula is C9H14BrNOS2. The lowest BCUT2D eigenvalue weighted by Crippen LogP contribution is -2.38. The number of hydrogen-bond acceptors (Lipinski definition) is 3. The van der Waals surface area contributed by atoms with Crippen LogP contribution in [0.15, 0.2) is 15.9 Å². The summed E-state index contributed by atoms with van der Waals surface area (Å²) in [5, 5.41) is 2.00. The van der Waals surface area contributed by atoms with Gasteiger partial charge in [-0.3, -0.25) is 4.21 Å². The summed E-state index contributed by atoms with van der Waals surface area (Å²) in [5.74, 6) is 1.15. The van der Waals surface area contributed by atoms with Gasteiger partial charge < -0.3 is 5.73 Å². The van der Waals surface area contributed by atoms with Crippen LogP contribution < -0.4 is 5.73 Å². The molecule has 14 heavy (non-hydrogen) atoms. The van der Waals surface area contributed by atoms with Crippen LogP contribution in [0.3, 0.4) is 0 Å². The van der Waals surface area contributed by atoms with Crippen LogP contribution in [-0.4, -0.2) is 15.5 Å². The standard InChI is InChI=1S/C9H14BrNOS2/c1-9(2,11)6-14(12)5-8-3-7(10)4-13-8/h3-4H,5-6,11H2,1-2H3. The molecular weight excluding hydrogens is 282 g/mol. The van der Waals surface area contributed by atoms with E-state index in [1.807, 2.05) is 25.3 Å². The lowest BCUT2D eigenvalue weighted by atomic mass is 10.1.